The third-order valence-corrected chi connectivity index (χ3v) is 18.8. The average Bonchev–Trinajstić information content (AvgIpc) is 3.82. The van der Waals surface area contributed by atoms with E-state index in [2.05, 4.69) is 245 Å². The minimum atomic E-state index is -0.0253. The van der Waals surface area contributed by atoms with Gasteiger partial charge in [-0.1, -0.05) is 167 Å². The highest BCUT2D eigenvalue weighted by Crippen LogP contribution is 2.55. The summed E-state index contributed by atoms with van der Waals surface area (Å²) < 4.78 is 2.67. The Morgan fingerprint density at radius 2 is 1.11 bits per heavy atom. The van der Waals surface area contributed by atoms with Crippen LogP contribution >= 0.6 is 11.3 Å². The van der Waals surface area contributed by atoms with Gasteiger partial charge >= 0.3 is 0 Å². The van der Waals surface area contributed by atoms with E-state index < -0.39 is 0 Å². The van der Waals surface area contributed by atoms with Crippen LogP contribution < -0.4 is 26.2 Å². The molecule has 4 aliphatic rings. The maximum absolute atomic E-state index is 2.70. The summed E-state index contributed by atoms with van der Waals surface area (Å²) in [7, 11) is 0. The molecule has 0 saturated carbocycles. The van der Waals surface area contributed by atoms with Crippen molar-refractivity contribution in [3.63, 3.8) is 0 Å². The van der Waals surface area contributed by atoms with E-state index in [1.807, 2.05) is 11.3 Å². The molecule has 2 nitrogen and oxygen atoms in total. The van der Waals surface area contributed by atoms with E-state index in [0.29, 0.717) is 0 Å². The lowest BCUT2D eigenvalue weighted by molar-refractivity contribution is 0.332. The Morgan fingerprint density at radius 1 is 0.472 bits per heavy atom. The highest BCUT2D eigenvalue weighted by Gasteiger charge is 2.48. The number of hydrogen-bond acceptors (Lipinski definition) is 3. The van der Waals surface area contributed by atoms with Gasteiger partial charge in [0.05, 0.1) is 5.69 Å². The molecule has 3 heterocycles. The molecule has 13 rings (SSSR count). The van der Waals surface area contributed by atoms with Crippen molar-refractivity contribution in [2.45, 2.75) is 129 Å². The number of benzene rings is 8. The van der Waals surface area contributed by atoms with Crippen LogP contribution in [0.5, 0.6) is 0 Å². The monoisotopic (exact) mass is 955 g/mol. The summed E-state index contributed by atoms with van der Waals surface area (Å²) in [6, 6.07) is 59.6. The van der Waals surface area contributed by atoms with Crippen molar-refractivity contribution < 1.29 is 0 Å². The first-order chi connectivity index (χ1) is 34.2. The van der Waals surface area contributed by atoms with Gasteiger partial charge in [0.2, 0.25) is 0 Å². The van der Waals surface area contributed by atoms with E-state index in [9.17, 15) is 0 Å². The van der Waals surface area contributed by atoms with Gasteiger partial charge in [-0.05, 0) is 180 Å². The fourth-order valence-corrected chi connectivity index (χ4v) is 15.2. The van der Waals surface area contributed by atoms with Crippen LogP contribution in [0.25, 0.3) is 42.4 Å². The van der Waals surface area contributed by atoms with E-state index in [0.717, 1.165) is 12.8 Å². The molecule has 0 amide bonds. The molecular weight excluding hydrogens is 888 g/mol. The van der Waals surface area contributed by atoms with Crippen molar-refractivity contribution >= 4 is 88.7 Å². The van der Waals surface area contributed by atoms with E-state index in [4.69, 9.17) is 0 Å². The molecule has 4 heteroatoms. The topological polar surface area (TPSA) is 6.48 Å². The lowest BCUT2D eigenvalue weighted by Crippen LogP contribution is -2.62. The predicted molar refractivity (Wildman–Crippen MR) is 314 cm³/mol. The molecule has 2 aliphatic heterocycles. The van der Waals surface area contributed by atoms with Crippen molar-refractivity contribution in [1.82, 2.24) is 0 Å². The number of rotatable bonds is 4. The van der Waals surface area contributed by atoms with E-state index in [1.165, 1.54) is 133 Å². The van der Waals surface area contributed by atoms with Crippen molar-refractivity contribution in [3.8, 4) is 22.3 Å². The molecule has 0 radical (unpaired) electrons. The first-order valence-corrected chi connectivity index (χ1v) is 27.4. The maximum atomic E-state index is 2.70. The predicted octanol–water partition coefficient (Wildman–Crippen LogP) is 17.4. The first-order valence-electron chi connectivity index (χ1n) is 26.5. The third-order valence-electron chi connectivity index (χ3n) is 17.7. The Hall–Kier alpha value is -6.36. The van der Waals surface area contributed by atoms with E-state index in [1.54, 1.807) is 0 Å². The summed E-state index contributed by atoms with van der Waals surface area (Å²) in [4.78, 5) is 5.35. The van der Waals surface area contributed by atoms with Crippen molar-refractivity contribution in [2.75, 3.05) is 9.80 Å². The number of aryl methyl sites for hydroxylation is 1. The normalized spacial score (nSPS) is 17.6. The molecule has 0 fully saturated rings. The Morgan fingerprint density at radius 3 is 1.86 bits per heavy atom. The zero-order chi connectivity index (χ0) is 50.0. The van der Waals surface area contributed by atoms with Crippen LogP contribution in [0.15, 0.2) is 152 Å². The molecule has 0 N–H and O–H groups in total. The second-order valence-corrected chi connectivity index (χ2v) is 26.7. The maximum Gasteiger partial charge on any atom is 0.252 e. The van der Waals surface area contributed by atoms with Gasteiger partial charge in [0.15, 0.2) is 0 Å². The average molecular weight is 955 g/mol. The van der Waals surface area contributed by atoms with Gasteiger partial charge in [-0.15, -0.1) is 11.3 Å². The molecule has 0 unspecified atom stereocenters. The second-order valence-electron chi connectivity index (χ2n) is 25.6. The zero-order valence-corrected chi connectivity index (χ0v) is 45.3. The minimum Gasteiger partial charge on any atom is -0.311 e. The third kappa shape index (κ3) is 6.73. The van der Waals surface area contributed by atoms with Crippen LogP contribution in [0.2, 0.25) is 0 Å². The van der Waals surface area contributed by atoms with Crippen LogP contribution in [0, 0.1) is 6.92 Å². The molecule has 0 atom stereocenters. The lowest BCUT2D eigenvalue weighted by Gasteiger charge is -2.48. The molecule has 0 saturated heterocycles. The van der Waals surface area contributed by atoms with Gasteiger partial charge in [0, 0.05) is 54.2 Å². The lowest BCUT2D eigenvalue weighted by atomic mass is 9.33. The van der Waals surface area contributed by atoms with Crippen LogP contribution in [-0.4, -0.2) is 6.71 Å². The quantitative estimate of drug-likeness (QED) is 0.162. The molecule has 2 aliphatic carbocycles. The minimum absolute atomic E-state index is 0.0172. The van der Waals surface area contributed by atoms with Crippen molar-refractivity contribution in [3.05, 3.63) is 185 Å². The molecule has 9 aromatic rings. The summed E-state index contributed by atoms with van der Waals surface area (Å²) in [5, 5.41) is 2.68. The SMILES string of the molecule is Cc1cc2c3c(c1)N(c1ccc(C(C)(C)C)cc1-c1ccccc1)c1ccc(-c4cccc5sc6ccccc6c45)cc1B3c1cc3c(cc1N2c1ccc2c(c1)C(C)(C)CC2(C)C)C(C)(C)CCC3(C)C. The Bertz CT molecular complexity index is 3750. The van der Waals surface area contributed by atoms with Crippen LogP contribution in [0.4, 0.5) is 34.1 Å². The fourth-order valence-electron chi connectivity index (χ4n) is 14.1. The molecule has 72 heavy (non-hydrogen) atoms. The molecule has 0 spiro atoms. The molecule has 8 aromatic carbocycles. The number of anilines is 6. The Labute approximate surface area is 432 Å². The molecule has 358 valence electrons. The van der Waals surface area contributed by atoms with Gasteiger partial charge in [-0.3, -0.25) is 0 Å². The zero-order valence-electron chi connectivity index (χ0n) is 44.4. The van der Waals surface area contributed by atoms with Gasteiger partial charge in [-0.25, -0.2) is 0 Å². The fraction of sp³-hybridized carbons (Fsp3) is 0.294. The van der Waals surface area contributed by atoms with Crippen LogP contribution in [0.1, 0.15) is 129 Å². The van der Waals surface area contributed by atoms with E-state index >= 15 is 0 Å². The molecular formula is C68H67BN2S. The Kier molecular flexibility index (Phi) is 9.70. The summed E-state index contributed by atoms with van der Waals surface area (Å²) in [5.41, 5.74) is 25.5. The van der Waals surface area contributed by atoms with Crippen molar-refractivity contribution in [1.29, 1.82) is 0 Å². The highest BCUT2D eigenvalue weighted by atomic mass is 32.1. The van der Waals surface area contributed by atoms with Crippen LogP contribution in [-0.2, 0) is 27.1 Å². The van der Waals surface area contributed by atoms with Crippen molar-refractivity contribution in [2.24, 2.45) is 0 Å². The van der Waals surface area contributed by atoms with Gasteiger partial charge in [0.25, 0.3) is 6.71 Å². The number of nitrogens with zero attached hydrogens (tertiary/aromatic N) is 2. The first kappa shape index (κ1) is 45.5. The molecule has 1 aromatic heterocycles. The largest absolute Gasteiger partial charge is 0.311 e. The van der Waals surface area contributed by atoms with Gasteiger partial charge in [0.1, 0.15) is 0 Å². The summed E-state index contributed by atoms with van der Waals surface area (Å²) in [6.45, 7) is 29.1. The number of fused-ring (bicyclic) bond motifs is 9. The smallest absolute Gasteiger partial charge is 0.252 e. The van der Waals surface area contributed by atoms with Gasteiger partial charge < -0.3 is 9.80 Å². The van der Waals surface area contributed by atoms with Crippen LogP contribution in [0.3, 0.4) is 0 Å². The second kappa shape index (κ2) is 15.3. The van der Waals surface area contributed by atoms with Gasteiger partial charge in [-0.2, -0.15) is 0 Å². The summed E-state index contributed by atoms with van der Waals surface area (Å²) in [6.07, 6.45) is 3.46. The van der Waals surface area contributed by atoms with E-state index in [-0.39, 0.29) is 33.8 Å². The number of thiophene rings is 1. The molecule has 0 bridgehead atoms. The Balaban J connectivity index is 1.16. The highest BCUT2D eigenvalue weighted by molar-refractivity contribution is 7.26. The number of hydrogen-bond donors (Lipinski definition) is 0. The summed E-state index contributed by atoms with van der Waals surface area (Å²) >= 11 is 1.90. The summed E-state index contributed by atoms with van der Waals surface area (Å²) in [5.74, 6) is 0. The standard InChI is InChI=1S/C68H67BN2S/c1-41-33-58-63-59(34-41)71(55-30-26-44(64(2,3)4)36-48(55)42-19-14-13-15-20-42)56-29-25-43(46-22-18-24-61-62(46)47-21-16-17-23-60(47)72-61)35-53(56)69(63)54-38-51-52(66(7,8)32-31-65(51,5)6)39-57(54)70(58)45-27-28-49-50(37-45)68(11,12)40-67(49,9)10/h13-30,33-39H,31-32,40H2,1-12H3.